The summed E-state index contributed by atoms with van der Waals surface area (Å²) in [7, 11) is 0. The van der Waals surface area contributed by atoms with Gasteiger partial charge < -0.3 is 0 Å². The first-order chi connectivity index (χ1) is 11.7. The molecule has 0 aliphatic rings. The Balaban J connectivity index is 1.95. The molecule has 0 unspecified atom stereocenters. The Morgan fingerprint density at radius 2 is 1.33 bits per heavy atom. The zero-order chi connectivity index (χ0) is 16.5. The Morgan fingerprint density at radius 3 is 1.96 bits per heavy atom. The molecular formula is C21H13Cl2N. The molecule has 0 spiro atoms. The first-order valence-electron chi connectivity index (χ1n) is 7.62. The first-order valence-corrected chi connectivity index (χ1v) is 8.37. The SMILES string of the molecule is Clc1ccc(N=Cc2c3ccccc3cc3ccccc23)c(Cl)c1. The van der Waals surface area contributed by atoms with Crippen molar-refractivity contribution < 1.29 is 0 Å². The van der Waals surface area contributed by atoms with Crippen molar-refractivity contribution in [2.24, 2.45) is 4.99 Å². The molecule has 116 valence electrons. The molecule has 3 heteroatoms. The van der Waals surface area contributed by atoms with Crippen LogP contribution < -0.4 is 0 Å². The molecule has 0 heterocycles. The standard InChI is InChI=1S/C21H13Cl2N/c22-16-9-10-21(20(23)12-16)24-13-19-17-7-3-1-5-14(17)11-15-6-2-4-8-18(15)19/h1-13H. The van der Waals surface area contributed by atoms with Crippen LogP contribution >= 0.6 is 23.2 Å². The van der Waals surface area contributed by atoms with Gasteiger partial charge in [-0.05, 0) is 45.8 Å². The van der Waals surface area contributed by atoms with Gasteiger partial charge in [-0.25, -0.2) is 0 Å². The Kier molecular flexibility index (Phi) is 3.97. The van der Waals surface area contributed by atoms with E-state index < -0.39 is 0 Å². The van der Waals surface area contributed by atoms with Crippen LogP contribution in [-0.4, -0.2) is 6.21 Å². The zero-order valence-corrected chi connectivity index (χ0v) is 14.2. The van der Waals surface area contributed by atoms with E-state index in [2.05, 4.69) is 35.3 Å². The van der Waals surface area contributed by atoms with Crippen LogP contribution in [0.3, 0.4) is 0 Å². The van der Waals surface area contributed by atoms with Crippen LogP contribution in [0.15, 0.2) is 77.8 Å². The molecule has 0 N–H and O–H groups in total. The van der Waals surface area contributed by atoms with Gasteiger partial charge in [0.2, 0.25) is 0 Å². The lowest BCUT2D eigenvalue weighted by atomic mass is 9.97. The van der Waals surface area contributed by atoms with Crippen LogP contribution in [0.2, 0.25) is 10.0 Å². The van der Waals surface area contributed by atoms with E-state index in [1.54, 1.807) is 12.1 Å². The summed E-state index contributed by atoms with van der Waals surface area (Å²) in [4.78, 5) is 4.60. The molecule has 0 fully saturated rings. The van der Waals surface area contributed by atoms with E-state index in [1.807, 2.05) is 36.5 Å². The Hall–Kier alpha value is -2.35. The molecular weight excluding hydrogens is 337 g/mol. The lowest BCUT2D eigenvalue weighted by Crippen LogP contribution is -1.88. The van der Waals surface area contributed by atoms with Gasteiger partial charge in [0.1, 0.15) is 0 Å². The summed E-state index contributed by atoms with van der Waals surface area (Å²) in [5.74, 6) is 0. The second kappa shape index (κ2) is 6.27. The van der Waals surface area contributed by atoms with Crippen LogP contribution in [0.25, 0.3) is 21.5 Å². The minimum absolute atomic E-state index is 0.545. The second-order valence-electron chi connectivity index (χ2n) is 5.59. The summed E-state index contributed by atoms with van der Waals surface area (Å²) in [5.41, 5.74) is 1.80. The molecule has 0 saturated heterocycles. The molecule has 0 bridgehead atoms. The lowest BCUT2D eigenvalue weighted by molar-refractivity contribution is 1.53. The third kappa shape index (κ3) is 2.77. The number of hydrogen-bond acceptors (Lipinski definition) is 1. The number of nitrogens with zero attached hydrogens (tertiary/aromatic N) is 1. The number of aliphatic imine (C=N–C) groups is 1. The van der Waals surface area contributed by atoms with Gasteiger partial charge in [-0.1, -0.05) is 71.7 Å². The molecule has 0 aliphatic carbocycles. The van der Waals surface area contributed by atoms with E-state index in [-0.39, 0.29) is 0 Å². The predicted molar refractivity (Wildman–Crippen MR) is 105 cm³/mol. The average molecular weight is 350 g/mol. The highest BCUT2D eigenvalue weighted by Gasteiger charge is 2.06. The highest BCUT2D eigenvalue weighted by Crippen LogP contribution is 2.30. The summed E-state index contributed by atoms with van der Waals surface area (Å²) >= 11 is 12.2. The van der Waals surface area contributed by atoms with Crippen molar-refractivity contribution in [2.75, 3.05) is 0 Å². The first kappa shape index (κ1) is 15.2. The minimum atomic E-state index is 0.545. The van der Waals surface area contributed by atoms with Crippen molar-refractivity contribution >= 4 is 56.6 Å². The number of benzene rings is 4. The lowest BCUT2D eigenvalue weighted by Gasteiger charge is -2.08. The van der Waals surface area contributed by atoms with Crippen molar-refractivity contribution in [2.45, 2.75) is 0 Å². The Bertz CT molecular complexity index is 1030. The smallest absolute Gasteiger partial charge is 0.0817 e. The van der Waals surface area contributed by atoms with Gasteiger partial charge in [0.25, 0.3) is 0 Å². The van der Waals surface area contributed by atoms with Crippen molar-refractivity contribution in [3.05, 3.63) is 88.4 Å². The van der Waals surface area contributed by atoms with E-state index in [4.69, 9.17) is 23.2 Å². The fraction of sp³-hybridized carbons (Fsp3) is 0. The fourth-order valence-electron chi connectivity index (χ4n) is 2.91. The van der Waals surface area contributed by atoms with Crippen LogP contribution in [0.4, 0.5) is 5.69 Å². The molecule has 4 aromatic rings. The van der Waals surface area contributed by atoms with Crippen LogP contribution in [-0.2, 0) is 0 Å². The van der Waals surface area contributed by atoms with Gasteiger partial charge >= 0.3 is 0 Å². The largest absolute Gasteiger partial charge is 0.255 e. The topological polar surface area (TPSA) is 12.4 Å². The molecule has 0 radical (unpaired) electrons. The van der Waals surface area contributed by atoms with E-state index in [1.165, 1.54) is 21.5 Å². The van der Waals surface area contributed by atoms with Crippen molar-refractivity contribution in [3.8, 4) is 0 Å². The third-order valence-electron chi connectivity index (χ3n) is 4.06. The Labute approximate surface area is 150 Å². The van der Waals surface area contributed by atoms with E-state index in [9.17, 15) is 0 Å². The van der Waals surface area contributed by atoms with Crippen molar-refractivity contribution in [1.29, 1.82) is 0 Å². The van der Waals surface area contributed by atoms with E-state index >= 15 is 0 Å². The quantitative estimate of drug-likeness (QED) is 0.271. The van der Waals surface area contributed by atoms with Gasteiger partial charge in [0, 0.05) is 16.8 Å². The predicted octanol–water partition coefficient (Wildman–Crippen LogP) is 7.05. The maximum atomic E-state index is 6.23. The van der Waals surface area contributed by atoms with Gasteiger partial charge in [0.05, 0.1) is 10.7 Å². The molecule has 24 heavy (non-hydrogen) atoms. The molecule has 0 amide bonds. The third-order valence-corrected chi connectivity index (χ3v) is 4.59. The summed E-state index contributed by atoms with van der Waals surface area (Å²) in [6.45, 7) is 0. The average Bonchev–Trinajstić information content (AvgIpc) is 2.60. The highest BCUT2D eigenvalue weighted by atomic mass is 35.5. The highest BCUT2D eigenvalue weighted by molar-refractivity contribution is 6.36. The second-order valence-corrected chi connectivity index (χ2v) is 6.43. The maximum absolute atomic E-state index is 6.23. The van der Waals surface area contributed by atoms with Crippen molar-refractivity contribution in [3.63, 3.8) is 0 Å². The monoisotopic (exact) mass is 349 g/mol. The Morgan fingerprint density at radius 1 is 0.708 bits per heavy atom. The van der Waals surface area contributed by atoms with Crippen LogP contribution in [0.1, 0.15) is 5.56 Å². The zero-order valence-electron chi connectivity index (χ0n) is 12.7. The number of hydrogen-bond donors (Lipinski definition) is 0. The van der Waals surface area contributed by atoms with E-state index in [0.29, 0.717) is 15.7 Å². The summed E-state index contributed by atoms with van der Waals surface area (Å²) in [6, 6.07) is 24.2. The van der Waals surface area contributed by atoms with Crippen LogP contribution in [0, 0.1) is 0 Å². The summed E-state index contributed by atoms with van der Waals surface area (Å²) in [5, 5.41) is 5.88. The maximum Gasteiger partial charge on any atom is 0.0817 e. The number of halogens is 2. The van der Waals surface area contributed by atoms with Gasteiger partial charge in [-0.3, -0.25) is 4.99 Å². The van der Waals surface area contributed by atoms with E-state index in [0.717, 1.165) is 5.56 Å². The van der Waals surface area contributed by atoms with Crippen LogP contribution in [0.5, 0.6) is 0 Å². The molecule has 1 nitrogen and oxygen atoms in total. The normalized spacial score (nSPS) is 11.6. The molecule has 4 rings (SSSR count). The molecule has 0 saturated carbocycles. The number of rotatable bonds is 2. The summed E-state index contributed by atoms with van der Waals surface area (Å²) in [6.07, 6.45) is 1.89. The van der Waals surface area contributed by atoms with Gasteiger partial charge in [-0.15, -0.1) is 0 Å². The summed E-state index contributed by atoms with van der Waals surface area (Å²) < 4.78 is 0. The molecule has 0 aliphatic heterocycles. The molecule has 4 aromatic carbocycles. The van der Waals surface area contributed by atoms with Gasteiger partial charge in [-0.2, -0.15) is 0 Å². The number of fused-ring (bicyclic) bond motifs is 2. The minimum Gasteiger partial charge on any atom is -0.255 e. The molecule has 0 atom stereocenters. The van der Waals surface area contributed by atoms with Crippen molar-refractivity contribution in [1.82, 2.24) is 0 Å². The molecule has 0 aromatic heterocycles. The van der Waals surface area contributed by atoms with Gasteiger partial charge in [0.15, 0.2) is 0 Å². The fourth-order valence-corrected chi connectivity index (χ4v) is 3.37.